The zero-order chi connectivity index (χ0) is 20.9. The van der Waals surface area contributed by atoms with E-state index in [0.717, 1.165) is 5.56 Å². The number of rotatable bonds is 12. The van der Waals surface area contributed by atoms with Gasteiger partial charge < -0.3 is 15.2 Å². The van der Waals surface area contributed by atoms with Crippen LogP contribution in [0.5, 0.6) is 0 Å². The molecule has 0 heterocycles. The van der Waals surface area contributed by atoms with Crippen LogP contribution in [0, 0.1) is 0 Å². The molecule has 0 aliphatic heterocycles. The van der Waals surface area contributed by atoms with E-state index < -0.39 is 18.1 Å². The first-order valence-electron chi connectivity index (χ1n) is 9.55. The van der Waals surface area contributed by atoms with Crippen LogP contribution >= 0.6 is 0 Å². The number of amides is 1. The molecular formula is C22H26N2O5. The Morgan fingerprint density at radius 3 is 2.24 bits per heavy atom. The molecule has 7 heteroatoms. The molecule has 0 aromatic heterocycles. The molecule has 0 saturated carbocycles. The van der Waals surface area contributed by atoms with Gasteiger partial charge in [0.1, 0.15) is 12.6 Å². The Morgan fingerprint density at radius 1 is 0.931 bits per heavy atom. The van der Waals surface area contributed by atoms with E-state index >= 15 is 0 Å². The second kappa shape index (κ2) is 12.3. The lowest BCUT2D eigenvalue weighted by Crippen LogP contribution is -2.39. The maximum absolute atomic E-state index is 12.1. The number of alkyl carbamates (subject to hydrolysis) is 1. The van der Waals surface area contributed by atoms with Crippen LogP contribution in [0.1, 0.15) is 35.2 Å². The number of hydrogen-bond donors (Lipinski definition) is 3. The van der Waals surface area contributed by atoms with Gasteiger partial charge in [0.25, 0.3) is 0 Å². The quantitative estimate of drug-likeness (QED) is 0.375. The standard InChI is InChI=1S/C22H26N2O5/c25-20(18-11-5-2-6-12-18)15-24-19(21(26)27)13-7-8-14-23-22(28)29-16-17-9-3-1-4-10-17/h1-6,9-12,19,24H,7-8,13-16H2,(H,23,28)(H,26,27). The molecule has 1 amide bonds. The van der Waals surface area contributed by atoms with Gasteiger partial charge in [0, 0.05) is 12.1 Å². The van der Waals surface area contributed by atoms with E-state index in [1.54, 1.807) is 24.3 Å². The summed E-state index contributed by atoms with van der Waals surface area (Å²) < 4.78 is 5.11. The molecule has 0 aliphatic carbocycles. The van der Waals surface area contributed by atoms with Gasteiger partial charge in [-0.05, 0) is 24.8 Å². The van der Waals surface area contributed by atoms with Crippen molar-refractivity contribution in [3.05, 3.63) is 71.8 Å². The first kappa shape index (κ1) is 22.1. The molecule has 29 heavy (non-hydrogen) atoms. The van der Waals surface area contributed by atoms with E-state index in [4.69, 9.17) is 4.74 Å². The van der Waals surface area contributed by atoms with Crippen molar-refractivity contribution in [2.24, 2.45) is 0 Å². The van der Waals surface area contributed by atoms with Crippen molar-refractivity contribution in [2.45, 2.75) is 31.9 Å². The van der Waals surface area contributed by atoms with Crippen LogP contribution in [0.3, 0.4) is 0 Å². The maximum atomic E-state index is 12.1. The van der Waals surface area contributed by atoms with Gasteiger partial charge in [0.05, 0.1) is 6.54 Å². The lowest BCUT2D eigenvalue weighted by Gasteiger charge is -2.14. The van der Waals surface area contributed by atoms with Crippen molar-refractivity contribution >= 4 is 17.8 Å². The second-order valence-electron chi connectivity index (χ2n) is 6.55. The number of aliphatic carboxylic acids is 1. The van der Waals surface area contributed by atoms with Crippen LogP contribution in [-0.2, 0) is 16.1 Å². The fourth-order valence-electron chi connectivity index (χ4n) is 2.69. The van der Waals surface area contributed by atoms with Crippen molar-refractivity contribution in [3.63, 3.8) is 0 Å². The summed E-state index contributed by atoms with van der Waals surface area (Å²) in [4.78, 5) is 35.1. The number of ketones is 1. The lowest BCUT2D eigenvalue weighted by molar-refractivity contribution is -0.139. The largest absolute Gasteiger partial charge is 0.480 e. The summed E-state index contributed by atoms with van der Waals surface area (Å²) in [6.07, 6.45) is 1.05. The zero-order valence-electron chi connectivity index (χ0n) is 16.2. The highest BCUT2D eigenvalue weighted by Gasteiger charge is 2.18. The molecule has 2 aromatic rings. The fourth-order valence-corrected chi connectivity index (χ4v) is 2.69. The topological polar surface area (TPSA) is 105 Å². The van der Waals surface area contributed by atoms with E-state index in [2.05, 4.69) is 10.6 Å². The molecule has 0 bridgehead atoms. The van der Waals surface area contributed by atoms with Crippen molar-refractivity contribution in [1.82, 2.24) is 10.6 Å². The monoisotopic (exact) mass is 398 g/mol. The summed E-state index contributed by atoms with van der Waals surface area (Å²) in [5.74, 6) is -1.15. The zero-order valence-corrected chi connectivity index (χ0v) is 16.2. The average molecular weight is 398 g/mol. The van der Waals surface area contributed by atoms with Gasteiger partial charge in [-0.1, -0.05) is 60.7 Å². The fraction of sp³-hybridized carbons (Fsp3) is 0.318. The SMILES string of the molecule is O=C(NCCCCC(NCC(=O)c1ccccc1)C(=O)O)OCc1ccccc1. The molecule has 0 radical (unpaired) electrons. The van der Waals surface area contributed by atoms with Crippen molar-refractivity contribution in [2.75, 3.05) is 13.1 Å². The minimum absolute atomic E-state index is 0.0367. The third-order valence-electron chi connectivity index (χ3n) is 4.30. The molecule has 3 N–H and O–H groups in total. The highest BCUT2D eigenvalue weighted by Crippen LogP contribution is 2.04. The van der Waals surface area contributed by atoms with Gasteiger partial charge >= 0.3 is 12.1 Å². The third kappa shape index (κ3) is 8.57. The van der Waals surface area contributed by atoms with Crippen LogP contribution in [0.25, 0.3) is 0 Å². The summed E-state index contributed by atoms with van der Waals surface area (Å²) in [7, 11) is 0. The van der Waals surface area contributed by atoms with Gasteiger partial charge in [-0.3, -0.25) is 14.9 Å². The number of hydrogen-bond acceptors (Lipinski definition) is 5. The van der Waals surface area contributed by atoms with Gasteiger partial charge in [-0.2, -0.15) is 0 Å². The van der Waals surface area contributed by atoms with Crippen LogP contribution < -0.4 is 10.6 Å². The van der Waals surface area contributed by atoms with Gasteiger partial charge in [-0.25, -0.2) is 4.79 Å². The van der Waals surface area contributed by atoms with E-state index in [-0.39, 0.29) is 18.9 Å². The Labute approximate surface area is 170 Å². The van der Waals surface area contributed by atoms with Crippen LogP contribution in [-0.4, -0.2) is 42.1 Å². The number of unbranched alkanes of at least 4 members (excludes halogenated alkanes) is 1. The predicted octanol–water partition coefficient (Wildman–Crippen LogP) is 3.01. The molecule has 0 aliphatic rings. The van der Waals surface area contributed by atoms with E-state index in [1.165, 1.54) is 0 Å². The lowest BCUT2D eigenvalue weighted by atomic mass is 10.1. The summed E-state index contributed by atoms with van der Waals surface area (Å²) in [5.41, 5.74) is 1.45. The second-order valence-corrected chi connectivity index (χ2v) is 6.55. The number of Topliss-reactive ketones (excluding diaryl/α,β-unsaturated/α-hetero) is 1. The minimum Gasteiger partial charge on any atom is -0.480 e. The summed E-state index contributed by atoms with van der Waals surface area (Å²) in [5, 5.41) is 14.8. The Hall–Kier alpha value is -3.19. The van der Waals surface area contributed by atoms with Crippen LogP contribution in [0.15, 0.2) is 60.7 Å². The number of carboxylic acid groups (broad SMARTS) is 1. The molecule has 2 aromatic carbocycles. The summed E-state index contributed by atoms with van der Waals surface area (Å²) in [6.45, 7) is 0.557. The minimum atomic E-state index is -0.999. The number of carbonyl (C=O) groups excluding carboxylic acids is 2. The molecule has 0 fully saturated rings. The molecule has 1 atom stereocenters. The maximum Gasteiger partial charge on any atom is 0.407 e. The number of carbonyl (C=O) groups is 3. The predicted molar refractivity (Wildman–Crippen MR) is 109 cm³/mol. The van der Waals surface area contributed by atoms with Gasteiger partial charge in [0.2, 0.25) is 0 Å². The number of ether oxygens (including phenoxy) is 1. The van der Waals surface area contributed by atoms with E-state index in [9.17, 15) is 19.5 Å². The van der Waals surface area contributed by atoms with Crippen molar-refractivity contribution < 1.29 is 24.2 Å². The Balaban J connectivity index is 1.60. The highest BCUT2D eigenvalue weighted by molar-refractivity contribution is 5.97. The number of carboxylic acids is 1. The van der Waals surface area contributed by atoms with E-state index in [0.29, 0.717) is 31.4 Å². The Bertz CT molecular complexity index is 780. The van der Waals surface area contributed by atoms with E-state index in [1.807, 2.05) is 36.4 Å². The average Bonchev–Trinajstić information content (AvgIpc) is 2.75. The number of benzene rings is 2. The van der Waals surface area contributed by atoms with Crippen molar-refractivity contribution in [3.8, 4) is 0 Å². The molecule has 1 unspecified atom stereocenters. The Morgan fingerprint density at radius 2 is 1.59 bits per heavy atom. The summed E-state index contributed by atoms with van der Waals surface area (Å²) in [6, 6.07) is 17.3. The molecular weight excluding hydrogens is 372 g/mol. The van der Waals surface area contributed by atoms with Crippen molar-refractivity contribution in [1.29, 1.82) is 0 Å². The molecule has 0 spiro atoms. The highest BCUT2D eigenvalue weighted by atomic mass is 16.5. The molecule has 7 nitrogen and oxygen atoms in total. The normalized spacial score (nSPS) is 11.4. The summed E-state index contributed by atoms with van der Waals surface area (Å²) >= 11 is 0. The Kier molecular flexibility index (Phi) is 9.38. The molecule has 0 saturated heterocycles. The third-order valence-corrected chi connectivity index (χ3v) is 4.30. The smallest absolute Gasteiger partial charge is 0.407 e. The molecule has 2 rings (SSSR count). The first-order chi connectivity index (χ1) is 14.1. The van der Waals surface area contributed by atoms with Crippen LogP contribution in [0.2, 0.25) is 0 Å². The molecule has 154 valence electrons. The van der Waals surface area contributed by atoms with Gasteiger partial charge in [-0.15, -0.1) is 0 Å². The van der Waals surface area contributed by atoms with Crippen LogP contribution in [0.4, 0.5) is 4.79 Å². The first-order valence-corrected chi connectivity index (χ1v) is 9.55. The van der Waals surface area contributed by atoms with Gasteiger partial charge in [0.15, 0.2) is 5.78 Å². The number of nitrogens with one attached hydrogen (secondary N) is 2.